The number of benzene rings is 1. The molecule has 0 aliphatic carbocycles. The number of nitrogens with zero attached hydrogens (tertiary/aromatic N) is 1. The highest BCUT2D eigenvalue weighted by molar-refractivity contribution is 7.07. The van der Waals surface area contributed by atoms with Crippen molar-refractivity contribution in [1.29, 1.82) is 0 Å². The van der Waals surface area contributed by atoms with E-state index in [9.17, 15) is 4.79 Å². The van der Waals surface area contributed by atoms with Crippen LogP contribution < -0.4 is 10.6 Å². The van der Waals surface area contributed by atoms with Crippen LogP contribution in [0.2, 0.25) is 0 Å². The number of aromatic nitrogens is 1. The summed E-state index contributed by atoms with van der Waals surface area (Å²) in [4.78, 5) is 17.0. The van der Waals surface area contributed by atoms with Crippen molar-refractivity contribution in [3.05, 3.63) is 81.8 Å². The fourth-order valence-corrected chi connectivity index (χ4v) is 3.56. The van der Waals surface area contributed by atoms with Gasteiger partial charge >= 0.3 is 0 Å². The van der Waals surface area contributed by atoms with E-state index >= 15 is 0 Å². The van der Waals surface area contributed by atoms with Gasteiger partial charge in [-0.3, -0.25) is 9.78 Å². The molecule has 3 aromatic rings. The van der Waals surface area contributed by atoms with Crippen molar-refractivity contribution in [2.75, 3.05) is 5.32 Å². The zero-order valence-electron chi connectivity index (χ0n) is 15.0. The van der Waals surface area contributed by atoms with Gasteiger partial charge in [-0.25, -0.2) is 0 Å². The van der Waals surface area contributed by atoms with Crippen LogP contribution in [0.1, 0.15) is 34.1 Å². The van der Waals surface area contributed by atoms with Crippen LogP contribution in [0.25, 0.3) is 0 Å². The van der Waals surface area contributed by atoms with E-state index in [0.29, 0.717) is 12.1 Å². The van der Waals surface area contributed by atoms with Crippen LogP contribution >= 0.6 is 11.3 Å². The Labute approximate surface area is 158 Å². The highest BCUT2D eigenvalue weighted by Crippen LogP contribution is 2.20. The molecule has 4 nitrogen and oxygen atoms in total. The van der Waals surface area contributed by atoms with Crippen molar-refractivity contribution in [3.8, 4) is 0 Å². The molecule has 134 valence electrons. The highest BCUT2D eigenvalue weighted by Gasteiger charge is 2.14. The number of rotatable bonds is 7. The van der Waals surface area contributed by atoms with Gasteiger partial charge in [0.1, 0.15) is 0 Å². The van der Waals surface area contributed by atoms with E-state index in [1.807, 2.05) is 50.2 Å². The Hall–Kier alpha value is -2.66. The van der Waals surface area contributed by atoms with Gasteiger partial charge in [0, 0.05) is 23.5 Å². The molecule has 0 aliphatic heterocycles. The number of nitrogens with one attached hydrogen (secondary N) is 2. The van der Waals surface area contributed by atoms with Crippen LogP contribution in [0.3, 0.4) is 0 Å². The van der Waals surface area contributed by atoms with Gasteiger partial charge in [0.15, 0.2) is 0 Å². The van der Waals surface area contributed by atoms with Gasteiger partial charge in [-0.15, -0.1) is 0 Å². The fraction of sp³-hybridized carbons (Fsp3) is 0.238. The van der Waals surface area contributed by atoms with E-state index < -0.39 is 0 Å². The van der Waals surface area contributed by atoms with Crippen molar-refractivity contribution < 1.29 is 4.79 Å². The lowest BCUT2D eigenvalue weighted by molar-refractivity contribution is 0.0939. The molecule has 26 heavy (non-hydrogen) atoms. The molecule has 1 unspecified atom stereocenters. The molecular weight excluding hydrogens is 342 g/mol. The average molecular weight is 366 g/mol. The minimum atomic E-state index is -0.0354. The zero-order chi connectivity index (χ0) is 18.4. The lowest BCUT2D eigenvalue weighted by Crippen LogP contribution is -2.34. The lowest BCUT2D eigenvalue weighted by Gasteiger charge is -2.16. The molecule has 0 aliphatic rings. The molecular formula is C21H23N3OS. The van der Waals surface area contributed by atoms with E-state index in [0.717, 1.165) is 23.4 Å². The van der Waals surface area contributed by atoms with Gasteiger partial charge in [-0.1, -0.05) is 12.1 Å². The first-order valence-electron chi connectivity index (χ1n) is 8.69. The Morgan fingerprint density at radius 1 is 1.19 bits per heavy atom. The number of hydrogen-bond acceptors (Lipinski definition) is 4. The van der Waals surface area contributed by atoms with E-state index in [2.05, 4.69) is 32.4 Å². The van der Waals surface area contributed by atoms with E-state index in [1.165, 1.54) is 5.56 Å². The van der Waals surface area contributed by atoms with Crippen LogP contribution in [-0.2, 0) is 13.0 Å². The second-order valence-corrected chi connectivity index (χ2v) is 7.14. The molecule has 0 saturated carbocycles. The minimum absolute atomic E-state index is 0.0354. The van der Waals surface area contributed by atoms with E-state index in [-0.39, 0.29) is 11.9 Å². The van der Waals surface area contributed by atoms with Gasteiger partial charge in [0.05, 0.1) is 12.2 Å². The summed E-state index contributed by atoms with van der Waals surface area (Å²) in [5.41, 5.74) is 4.82. The molecule has 1 aromatic carbocycles. The van der Waals surface area contributed by atoms with Gasteiger partial charge in [0.25, 0.3) is 5.91 Å². The standard InChI is InChI=1S/C21H23N3OS/c1-15(12-17-9-11-26-14-17)24-21(25)19-7-5-8-20(16(19)2)23-13-18-6-3-4-10-22-18/h3-11,14-15,23H,12-13H2,1-2H3,(H,24,25). The summed E-state index contributed by atoms with van der Waals surface area (Å²) in [5, 5.41) is 10.7. The van der Waals surface area contributed by atoms with Gasteiger partial charge in [0.2, 0.25) is 0 Å². The number of pyridine rings is 1. The maximum absolute atomic E-state index is 12.7. The zero-order valence-corrected chi connectivity index (χ0v) is 15.8. The molecule has 0 saturated heterocycles. The third-order valence-electron chi connectivity index (χ3n) is 4.26. The summed E-state index contributed by atoms with van der Waals surface area (Å²) in [5.74, 6) is -0.0354. The van der Waals surface area contributed by atoms with Crippen molar-refractivity contribution in [3.63, 3.8) is 0 Å². The summed E-state index contributed by atoms with van der Waals surface area (Å²) in [6.07, 6.45) is 2.62. The van der Waals surface area contributed by atoms with Crippen molar-refractivity contribution in [1.82, 2.24) is 10.3 Å². The first kappa shape index (κ1) is 18.1. The minimum Gasteiger partial charge on any atom is -0.379 e. The normalized spacial score (nSPS) is 11.8. The van der Waals surface area contributed by atoms with Gasteiger partial charge in [-0.05, 0) is 72.5 Å². The molecule has 1 amide bonds. The Balaban J connectivity index is 1.64. The van der Waals surface area contributed by atoms with Crippen LogP contribution in [0.15, 0.2) is 59.4 Å². The molecule has 0 bridgehead atoms. The Bertz CT molecular complexity index is 847. The summed E-state index contributed by atoms with van der Waals surface area (Å²) in [7, 11) is 0. The molecule has 0 fully saturated rings. The van der Waals surface area contributed by atoms with E-state index in [1.54, 1.807) is 17.5 Å². The predicted molar refractivity (Wildman–Crippen MR) is 108 cm³/mol. The molecule has 1 atom stereocenters. The van der Waals surface area contributed by atoms with Crippen LogP contribution in [0.4, 0.5) is 5.69 Å². The number of hydrogen-bond donors (Lipinski definition) is 2. The summed E-state index contributed by atoms with van der Waals surface area (Å²) < 4.78 is 0. The van der Waals surface area contributed by atoms with Crippen LogP contribution in [0.5, 0.6) is 0 Å². The monoisotopic (exact) mass is 365 g/mol. The molecule has 0 radical (unpaired) electrons. The van der Waals surface area contributed by atoms with Crippen LogP contribution in [-0.4, -0.2) is 16.9 Å². The van der Waals surface area contributed by atoms with Crippen molar-refractivity contribution in [2.45, 2.75) is 32.9 Å². The SMILES string of the molecule is Cc1c(NCc2ccccn2)cccc1C(=O)NC(C)Cc1ccsc1. The highest BCUT2D eigenvalue weighted by atomic mass is 32.1. The number of amides is 1. The average Bonchev–Trinajstić information content (AvgIpc) is 3.14. The molecule has 2 heterocycles. The van der Waals surface area contributed by atoms with Crippen LogP contribution in [0, 0.1) is 6.92 Å². The molecule has 0 spiro atoms. The second-order valence-electron chi connectivity index (χ2n) is 6.36. The van der Waals surface area contributed by atoms with Gasteiger partial charge < -0.3 is 10.6 Å². The first-order valence-corrected chi connectivity index (χ1v) is 9.63. The quantitative estimate of drug-likeness (QED) is 0.651. The van der Waals surface area contributed by atoms with Crippen molar-refractivity contribution in [2.24, 2.45) is 0 Å². The molecule has 2 N–H and O–H groups in total. The molecule has 3 rings (SSSR count). The van der Waals surface area contributed by atoms with E-state index in [4.69, 9.17) is 0 Å². The second kappa shape index (κ2) is 8.63. The maximum Gasteiger partial charge on any atom is 0.251 e. The smallest absolute Gasteiger partial charge is 0.251 e. The Kier molecular flexibility index (Phi) is 6.02. The number of thiophene rings is 1. The number of carbonyl (C=O) groups excluding carboxylic acids is 1. The number of carbonyl (C=O) groups is 1. The fourth-order valence-electron chi connectivity index (χ4n) is 2.88. The third kappa shape index (κ3) is 4.70. The number of anilines is 1. The summed E-state index contributed by atoms with van der Waals surface area (Å²) in [6.45, 7) is 4.63. The first-order chi connectivity index (χ1) is 12.6. The Morgan fingerprint density at radius 2 is 2.08 bits per heavy atom. The lowest BCUT2D eigenvalue weighted by atomic mass is 10.0. The molecule has 2 aromatic heterocycles. The largest absolute Gasteiger partial charge is 0.379 e. The summed E-state index contributed by atoms with van der Waals surface area (Å²) >= 11 is 1.68. The van der Waals surface area contributed by atoms with Gasteiger partial charge in [-0.2, -0.15) is 11.3 Å². The van der Waals surface area contributed by atoms with Crippen molar-refractivity contribution >= 4 is 22.9 Å². The Morgan fingerprint density at radius 3 is 2.81 bits per heavy atom. The molecule has 5 heteroatoms. The third-order valence-corrected chi connectivity index (χ3v) is 5.00. The summed E-state index contributed by atoms with van der Waals surface area (Å²) in [6, 6.07) is 13.8. The predicted octanol–water partition coefficient (Wildman–Crippen LogP) is 4.42. The topological polar surface area (TPSA) is 54.0 Å². The maximum atomic E-state index is 12.7.